The van der Waals surface area contributed by atoms with E-state index in [1.54, 1.807) is 12.1 Å². The number of hydrogen-bond donors (Lipinski definition) is 1. The number of aryl methyl sites for hydroxylation is 1. The van der Waals surface area contributed by atoms with Crippen LogP contribution in [0, 0.1) is 0 Å². The summed E-state index contributed by atoms with van der Waals surface area (Å²) >= 11 is 0. The van der Waals surface area contributed by atoms with Gasteiger partial charge >= 0.3 is 6.18 Å². The highest BCUT2D eigenvalue weighted by atomic mass is 19.4. The summed E-state index contributed by atoms with van der Waals surface area (Å²) in [4.78, 5) is 33.0. The summed E-state index contributed by atoms with van der Waals surface area (Å²) in [5, 5.41) is 2.92. The minimum atomic E-state index is -4.59. The molecular formula is C28H29F3N4O2. The zero-order valence-corrected chi connectivity index (χ0v) is 20.4. The highest BCUT2D eigenvalue weighted by Crippen LogP contribution is 2.32. The predicted octanol–water partition coefficient (Wildman–Crippen LogP) is 4.82. The number of piperazine rings is 1. The van der Waals surface area contributed by atoms with Crippen molar-refractivity contribution < 1.29 is 22.8 Å². The molecule has 6 nitrogen and oxygen atoms in total. The molecule has 0 spiro atoms. The van der Waals surface area contributed by atoms with E-state index in [0.29, 0.717) is 31.0 Å². The van der Waals surface area contributed by atoms with E-state index in [1.165, 1.54) is 34.9 Å². The Balaban J connectivity index is 1.24. The first-order valence-corrected chi connectivity index (χ1v) is 12.3. The van der Waals surface area contributed by atoms with Gasteiger partial charge in [0.15, 0.2) is 0 Å². The Morgan fingerprint density at radius 1 is 0.865 bits per heavy atom. The molecule has 0 atom stereocenters. The summed E-state index contributed by atoms with van der Waals surface area (Å²) in [6.07, 6.45) is -0.235. The molecule has 9 heteroatoms. The van der Waals surface area contributed by atoms with Crippen LogP contribution < -0.4 is 10.2 Å². The fraction of sp³-hybridized carbons (Fsp3) is 0.321. The Hall–Kier alpha value is -3.88. The Kier molecular flexibility index (Phi) is 8.43. The second kappa shape index (κ2) is 11.9. The lowest BCUT2D eigenvalue weighted by atomic mass is 10.1. The van der Waals surface area contributed by atoms with Gasteiger partial charge in [0.2, 0.25) is 0 Å². The van der Waals surface area contributed by atoms with Gasteiger partial charge in [0.05, 0.1) is 16.7 Å². The van der Waals surface area contributed by atoms with Crippen LogP contribution in [0.4, 0.5) is 19.0 Å². The topological polar surface area (TPSA) is 65.5 Å². The number of aromatic nitrogens is 1. The van der Waals surface area contributed by atoms with Gasteiger partial charge in [0.1, 0.15) is 5.82 Å². The van der Waals surface area contributed by atoms with Crippen LogP contribution in [0.2, 0.25) is 0 Å². The minimum absolute atomic E-state index is 0.183. The molecule has 0 unspecified atom stereocenters. The van der Waals surface area contributed by atoms with Crippen LogP contribution in [0.1, 0.15) is 44.7 Å². The first-order chi connectivity index (χ1) is 17.8. The van der Waals surface area contributed by atoms with Gasteiger partial charge in [0, 0.05) is 38.9 Å². The zero-order chi connectivity index (χ0) is 26.3. The molecule has 1 aliphatic rings. The summed E-state index contributed by atoms with van der Waals surface area (Å²) in [6.45, 7) is 2.00. The van der Waals surface area contributed by atoms with E-state index in [1.807, 2.05) is 23.1 Å². The summed E-state index contributed by atoms with van der Waals surface area (Å²) in [6, 6.07) is 18.5. The van der Waals surface area contributed by atoms with Crippen molar-refractivity contribution in [3.05, 3.63) is 95.2 Å². The maximum Gasteiger partial charge on any atom is 0.417 e. The van der Waals surface area contributed by atoms with Crippen LogP contribution in [0.3, 0.4) is 0 Å². The maximum atomic E-state index is 13.3. The van der Waals surface area contributed by atoms with Crippen molar-refractivity contribution in [1.82, 2.24) is 15.2 Å². The molecular weight excluding hydrogens is 481 g/mol. The molecule has 37 heavy (non-hydrogen) atoms. The molecule has 2 heterocycles. The summed E-state index contributed by atoms with van der Waals surface area (Å²) in [7, 11) is 0. The smallest absolute Gasteiger partial charge is 0.353 e. The molecule has 2 aromatic carbocycles. The average Bonchev–Trinajstić information content (AvgIpc) is 2.92. The third-order valence-corrected chi connectivity index (χ3v) is 6.38. The first kappa shape index (κ1) is 26.2. The largest absolute Gasteiger partial charge is 0.417 e. The first-order valence-electron chi connectivity index (χ1n) is 12.3. The Morgan fingerprint density at radius 3 is 2.24 bits per heavy atom. The lowest BCUT2D eigenvalue weighted by molar-refractivity contribution is -0.138. The van der Waals surface area contributed by atoms with Gasteiger partial charge in [-0.3, -0.25) is 9.59 Å². The molecule has 0 aliphatic carbocycles. The Bertz CT molecular complexity index is 1190. The van der Waals surface area contributed by atoms with Gasteiger partial charge in [-0.25, -0.2) is 4.98 Å². The number of halogens is 3. The molecule has 194 valence electrons. The number of carbonyl (C=O) groups is 2. The second-order valence-electron chi connectivity index (χ2n) is 8.93. The average molecular weight is 511 g/mol. The van der Waals surface area contributed by atoms with Crippen molar-refractivity contribution in [2.75, 3.05) is 37.6 Å². The Morgan fingerprint density at radius 2 is 1.57 bits per heavy atom. The molecule has 2 amide bonds. The number of nitrogens with one attached hydrogen (secondary N) is 1. The minimum Gasteiger partial charge on any atom is -0.353 e. The van der Waals surface area contributed by atoms with Gasteiger partial charge in [-0.1, -0.05) is 42.5 Å². The second-order valence-corrected chi connectivity index (χ2v) is 8.93. The number of rotatable bonds is 8. The zero-order valence-electron chi connectivity index (χ0n) is 20.4. The molecule has 0 saturated carbocycles. The molecule has 1 N–H and O–H groups in total. The van der Waals surface area contributed by atoms with E-state index in [-0.39, 0.29) is 24.6 Å². The van der Waals surface area contributed by atoms with Crippen molar-refractivity contribution in [2.45, 2.75) is 25.4 Å². The fourth-order valence-corrected chi connectivity index (χ4v) is 4.34. The molecule has 1 saturated heterocycles. The van der Waals surface area contributed by atoms with E-state index in [0.717, 1.165) is 25.3 Å². The van der Waals surface area contributed by atoms with Crippen molar-refractivity contribution in [3.63, 3.8) is 0 Å². The van der Waals surface area contributed by atoms with Crippen molar-refractivity contribution >= 4 is 17.6 Å². The quantitative estimate of drug-likeness (QED) is 0.442. The normalized spacial score (nSPS) is 13.9. The van der Waals surface area contributed by atoms with Crippen LogP contribution in [-0.4, -0.2) is 54.4 Å². The van der Waals surface area contributed by atoms with E-state index >= 15 is 0 Å². The van der Waals surface area contributed by atoms with Gasteiger partial charge in [0.25, 0.3) is 11.8 Å². The molecule has 3 aromatic rings. The van der Waals surface area contributed by atoms with Gasteiger partial charge < -0.3 is 15.1 Å². The summed E-state index contributed by atoms with van der Waals surface area (Å²) in [5.41, 5.74) is 0.487. The number of unbranched alkanes of at least 4 members (excludes halogenated alkanes) is 1. The lowest BCUT2D eigenvalue weighted by Gasteiger charge is -2.35. The SMILES string of the molecule is O=C(NCCCCc1ccccc1)c1ccc(N2CCN(C(=O)c3ccccc3C(F)(F)F)CC2)nc1. The fourth-order valence-electron chi connectivity index (χ4n) is 4.34. The van der Waals surface area contributed by atoms with Crippen LogP contribution in [-0.2, 0) is 12.6 Å². The number of benzene rings is 2. The standard InChI is InChI=1S/C28H29F3N4O2/c29-28(30,31)24-12-5-4-11-23(24)27(37)35-18-16-34(17-19-35)25-14-13-22(20-33-25)26(36)32-15-7-6-10-21-8-2-1-3-9-21/h1-5,8-9,11-14,20H,6-7,10,15-19H2,(H,32,36). The number of carbonyl (C=O) groups excluding carboxylic acids is 2. The van der Waals surface area contributed by atoms with Crippen LogP contribution in [0.5, 0.6) is 0 Å². The van der Waals surface area contributed by atoms with Gasteiger partial charge in [-0.15, -0.1) is 0 Å². The third kappa shape index (κ3) is 6.87. The molecule has 0 bridgehead atoms. The highest BCUT2D eigenvalue weighted by molar-refractivity contribution is 5.96. The predicted molar refractivity (Wildman–Crippen MR) is 136 cm³/mol. The number of alkyl halides is 3. The molecule has 0 radical (unpaired) electrons. The highest BCUT2D eigenvalue weighted by Gasteiger charge is 2.36. The Labute approximate surface area is 214 Å². The number of amides is 2. The molecule has 1 aliphatic heterocycles. The van der Waals surface area contributed by atoms with Crippen LogP contribution in [0.15, 0.2) is 72.9 Å². The summed E-state index contributed by atoms with van der Waals surface area (Å²) in [5.74, 6) is -0.156. The van der Waals surface area contributed by atoms with E-state index in [4.69, 9.17) is 0 Å². The third-order valence-electron chi connectivity index (χ3n) is 6.38. The van der Waals surface area contributed by atoms with Crippen molar-refractivity contribution in [3.8, 4) is 0 Å². The van der Waals surface area contributed by atoms with Crippen LogP contribution >= 0.6 is 0 Å². The monoisotopic (exact) mass is 510 g/mol. The van der Waals surface area contributed by atoms with E-state index < -0.39 is 17.6 Å². The van der Waals surface area contributed by atoms with Crippen LogP contribution in [0.25, 0.3) is 0 Å². The maximum absolute atomic E-state index is 13.3. The number of nitrogens with zero attached hydrogens (tertiary/aromatic N) is 3. The van der Waals surface area contributed by atoms with Gasteiger partial charge in [-0.2, -0.15) is 13.2 Å². The number of pyridine rings is 1. The van der Waals surface area contributed by atoms with Gasteiger partial charge in [-0.05, 0) is 49.1 Å². The number of anilines is 1. The lowest BCUT2D eigenvalue weighted by Crippen LogP contribution is -2.49. The molecule has 1 aromatic heterocycles. The molecule has 1 fully saturated rings. The van der Waals surface area contributed by atoms with E-state index in [2.05, 4.69) is 22.4 Å². The van der Waals surface area contributed by atoms with Crippen molar-refractivity contribution in [2.24, 2.45) is 0 Å². The number of hydrogen-bond acceptors (Lipinski definition) is 4. The molecule has 4 rings (SSSR count). The van der Waals surface area contributed by atoms with E-state index in [9.17, 15) is 22.8 Å². The summed E-state index contributed by atoms with van der Waals surface area (Å²) < 4.78 is 39.9. The van der Waals surface area contributed by atoms with Crippen molar-refractivity contribution in [1.29, 1.82) is 0 Å².